The van der Waals surface area contributed by atoms with Gasteiger partial charge in [-0.2, -0.15) is 0 Å². The molecule has 4 radical (unpaired) electrons. The first-order chi connectivity index (χ1) is 10.5. The highest BCUT2D eigenvalue weighted by Gasteiger charge is 2.16. The van der Waals surface area contributed by atoms with Gasteiger partial charge in [0, 0.05) is 34.8 Å². The van der Waals surface area contributed by atoms with Crippen LogP contribution in [0.3, 0.4) is 0 Å². The van der Waals surface area contributed by atoms with Gasteiger partial charge in [0.15, 0.2) is 0 Å². The Morgan fingerprint density at radius 2 is 1.14 bits per heavy atom. The minimum atomic E-state index is 0.463. The summed E-state index contributed by atoms with van der Waals surface area (Å²) in [6, 6.07) is 0. The minimum Gasteiger partial charge on any atom is -0.406 e. The van der Waals surface area contributed by atoms with Gasteiger partial charge in [0.2, 0.25) is 0 Å². The maximum absolute atomic E-state index is 5.43. The first kappa shape index (κ1) is 23.8. The van der Waals surface area contributed by atoms with Crippen molar-refractivity contribution in [2.75, 3.05) is 41.4 Å². The molecule has 22 heavy (non-hydrogen) atoms. The Balaban J connectivity index is 4.10. The van der Waals surface area contributed by atoms with Crippen molar-refractivity contribution < 1.29 is 18.0 Å². The smallest absolute Gasteiger partial charge is 0.324 e. The van der Waals surface area contributed by atoms with Gasteiger partial charge in [-0.15, -0.1) is 0 Å². The van der Waals surface area contributed by atoms with Crippen molar-refractivity contribution in [3.05, 3.63) is 0 Å². The Hall–Kier alpha value is 1.79. The Labute approximate surface area is 162 Å². The highest BCUT2D eigenvalue weighted by Crippen LogP contribution is 2.46. The van der Waals surface area contributed by atoms with Crippen LogP contribution in [-0.4, -0.2) is 77.1 Å². The molecule has 0 aromatic heterocycles. The number of hydrogen-bond acceptors (Lipinski definition) is 8. The van der Waals surface area contributed by atoms with E-state index in [-0.39, 0.29) is 0 Å². The zero-order chi connectivity index (χ0) is 16.8. The monoisotopic (exact) mass is 450 g/mol. The third-order valence-electron chi connectivity index (χ3n) is 1.63. The van der Waals surface area contributed by atoms with E-state index in [0.29, 0.717) is 17.8 Å². The summed E-state index contributed by atoms with van der Waals surface area (Å²) in [6.45, 7) is 5.59. The molecule has 0 amide bonds. The third kappa shape index (κ3) is 13.1. The van der Waals surface area contributed by atoms with Crippen molar-refractivity contribution in [1.29, 1.82) is 0 Å². The van der Waals surface area contributed by atoms with Crippen molar-refractivity contribution in [1.82, 2.24) is 0 Å². The Morgan fingerprint density at radius 1 is 0.773 bits per heavy atom. The Bertz CT molecular complexity index is 331. The molecule has 0 unspecified atom stereocenters. The molecular weight excluding hydrogens is 429 g/mol. The highest BCUT2D eigenvalue weighted by molar-refractivity contribution is 9.30. The molecule has 0 fully saturated rings. The second-order valence-electron chi connectivity index (χ2n) is 3.86. The van der Waals surface area contributed by atoms with Gasteiger partial charge < -0.3 is 8.85 Å². The summed E-state index contributed by atoms with van der Waals surface area (Å²) < 4.78 is 17.7. The fourth-order valence-electron chi connectivity index (χ4n) is 0.700. The van der Waals surface area contributed by atoms with Gasteiger partial charge in [-0.25, -0.2) is 9.15 Å². The van der Waals surface area contributed by atoms with Crippen LogP contribution in [0.2, 0.25) is 0 Å². The van der Waals surface area contributed by atoms with Crippen LogP contribution in [0.5, 0.6) is 0 Å². The van der Waals surface area contributed by atoms with Crippen LogP contribution in [0, 0.1) is 0 Å². The van der Waals surface area contributed by atoms with E-state index in [9.17, 15) is 0 Å². The summed E-state index contributed by atoms with van der Waals surface area (Å²) in [4.78, 5) is 0. The molecule has 12 heteroatoms. The van der Waals surface area contributed by atoms with Crippen LogP contribution >= 0.6 is 63.7 Å². The fraction of sp³-hybridized carbons (Fsp3) is 0.800. The lowest BCUT2D eigenvalue weighted by Gasteiger charge is -2.03. The van der Waals surface area contributed by atoms with Crippen LogP contribution in [0.4, 0.5) is 0 Å². The molecule has 0 saturated carbocycles. The SMILES string of the molecule is CCO[Si]SC(SSSSC(S[Si]OCC)=[N+](C)C)=[N+](C)C. The van der Waals surface area contributed by atoms with E-state index in [4.69, 9.17) is 8.85 Å². The van der Waals surface area contributed by atoms with Crippen LogP contribution < -0.4 is 0 Å². The topological polar surface area (TPSA) is 24.5 Å². The summed E-state index contributed by atoms with van der Waals surface area (Å²) in [5.41, 5.74) is 0. The van der Waals surface area contributed by atoms with E-state index in [1.807, 2.05) is 13.8 Å². The lowest BCUT2D eigenvalue weighted by molar-refractivity contribution is -0.458. The molecule has 126 valence electrons. The lowest BCUT2D eigenvalue weighted by Crippen LogP contribution is -2.08. The Morgan fingerprint density at radius 3 is 1.41 bits per heavy atom. The largest absolute Gasteiger partial charge is 0.406 e. The second-order valence-corrected chi connectivity index (χ2v) is 14.3. The van der Waals surface area contributed by atoms with Crippen LogP contribution in [0.1, 0.15) is 13.8 Å². The van der Waals surface area contributed by atoms with E-state index in [1.54, 1.807) is 63.7 Å². The quantitative estimate of drug-likeness (QED) is 0.131. The molecule has 0 aromatic carbocycles. The van der Waals surface area contributed by atoms with Crippen LogP contribution in [0.25, 0.3) is 0 Å². The number of nitrogens with zero attached hydrogens (tertiary/aromatic N) is 2. The predicted octanol–water partition coefficient (Wildman–Crippen LogP) is 3.53. The molecule has 0 heterocycles. The van der Waals surface area contributed by atoms with E-state index >= 15 is 0 Å². The normalized spacial score (nSPS) is 10.6. The fourth-order valence-corrected chi connectivity index (χ4v) is 13.9. The molecule has 0 spiro atoms. The zero-order valence-corrected chi connectivity index (χ0v) is 20.5. The first-order valence-corrected chi connectivity index (χ1v) is 16.1. The molecule has 0 saturated heterocycles. The van der Waals surface area contributed by atoms with Crippen LogP contribution in [0.15, 0.2) is 0 Å². The zero-order valence-electron chi connectivity index (χ0n) is 13.6. The van der Waals surface area contributed by atoms with Crippen molar-refractivity contribution in [2.24, 2.45) is 0 Å². The van der Waals surface area contributed by atoms with Crippen LogP contribution in [-0.2, 0) is 8.85 Å². The second kappa shape index (κ2) is 16.3. The van der Waals surface area contributed by atoms with Gasteiger partial charge in [-0.3, -0.25) is 0 Å². The molecule has 0 rings (SSSR count). The molecule has 0 aromatic rings. The molecule has 0 N–H and O–H groups in total. The average Bonchev–Trinajstić information content (AvgIpc) is 2.47. The lowest BCUT2D eigenvalue weighted by atomic mass is 10.9. The summed E-state index contributed by atoms with van der Waals surface area (Å²) in [5.74, 6) is 0. The summed E-state index contributed by atoms with van der Waals surface area (Å²) in [7, 11) is 16.3. The molecule has 0 atom stereocenters. The minimum absolute atomic E-state index is 0.463. The van der Waals surface area contributed by atoms with Crippen molar-refractivity contribution in [3.63, 3.8) is 0 Å². The van der Waals surface area contributed by atoms with E-state index in [1.165, 1.54) is 8.75 Å². The van der Waals surface area contributed by atoms with Gasteiger partial charge in [0.1, 0.15) is 28.2 Å². The number of hydrogen-bond donors (Lipinski definition) is 0. The van der Waals surface area contributed by atoms with Crippen molar-refractivity contribution in [3.8, 4) is 0 Å². The summed E-state index contributed by atoms with van der Waals surface area (Å²) >= 11 is 3.53. The van der Waals surface area contributed by atoms with E-state index < -0.39 is 0 Å². The van der Waals surface area contributed by atoms with E-state index in [2.05, 4.69) is 37.3 Å². The van der Waals surface area contributed by atoms with Gasteiger partial charge in [-0.1, -0.05) is 0 Å². The molecule has 4 nitrogen and oxygen atoms in total. The van der Waals surface area contributed by atoms with Gasteiger partial charge >= 0.3 is 17.8 Å². The third-order valence-corrected chi connectivity index (χ3v) is 14.5. The molecular formula is C10H22N2O2S6Si2+2. The average molecular weight is 451 g/mol. The van der Waals surface area contributed by atoms with Crippen molar-refractivity contribution >= 4 is 90.2 Å². The standard InChI is InChI=1S/C10H22N2O2S6Si2/c1-7-13-21-17-9(11(3)4)15-19-20-16-10(12(5)6)18-22-14-8-2/h7-8H2,1-6H3/q+2. The summed E-state index contributed by atoms with van der Waals surface area (Å²) in [6.07, 6.45) is 0. The molecule has 0 aliphatic carbocycles. The summed E-state index contributed by atoms with van der Waals surface area (Å²) in [5, 5.41) is 0. The van der Waals surface area contributed by atoms with Crippen molar-refractivity contribution in [2.45, 2.75) is 13.8 Å². The molecule has 0 bridgehead atoms. The number of rotatable bonds is 9. The Kier molecular flexibility index (Phi) is 17.6. The predicted molar refractivity (Wildman–Crippen MR) is 115 cm³/mol. The molecule has 0 aliphatic rings. The molecule has 0 aliphatic heterocycles. The maximum Gasteiger partial charge on any atom is 0.324 e. The van der Waals surface area contributed by atoms with E-state index in [0.717, 1.165) is 13.2 Å². The van der Waals surface area contributed by atoms with Gasteiger partial charge in [-0.05, 0) is 55.9 Å². The first-order valence-electron chi connectivity index (χ1n) is 6.36. The van der Waals surface area contributed by atoms with Gasteiger partial charge in [0.25, 0.3) is 8.75 Å². The maximum atomic E-state index is 5.43. The van der Waals surface area contributed by atoms with Gasteiger partial charge in [0.05, 0.1) is 0 Å². The highest BCUT2D eigenvalue weighted by atomic mass is 33.7.